The zero-order chi connectivity index (χ0) is 15.6. The lowest BCUT2D eigenvalue weighted by molar-refractivity contribution is 0.0696. The minimum absolute atomic E-state index is 0.0212. The second kappa shape index (κ2) is 5.60. The van der Waals surface area contributed by atoms with Gasteiger partial charge in [0, 0.05) is 5.56 Å². The van der Waals surface area contributed by atoms with E-state index in [4.69, 9.17) is 9.84 Å². The molecular formula is C18H20O3. The number of rotatable bonds is 3. The lowest BCUT2D eigenvalue weighted by Crippen LogP contribution is -2.12. The molecular weight excluding hydrogens is 264 g/mol. The Kier molecular flexibility index (Phi) is 4.03. The van der Waals surface area contributed by atoms with Gasteiger partial charge in [-0.15, -0.1) is 0 Å². The number of aromatic carboxylic acids is 1. The molecule has 2 rings (SSSR count). The van der Waals surface area contributed by atoms with Crippen LogP contribution in [0.15, 0.2) is 42.5 Å². The molecule has 21 heavy (non-hydrogen) atoms. The fourth-order valence-electron chi connectivity index (χ4n) is 2.24. The molecule has 110 valence electrons. The van der Waals surface area contributed by atoms with Gasteiger partial charge < -0.3 is 9.84 Å². The second-order valence-corrected chi connectivity index (χ2v) is 6.13. The van der Waals surface area contributed by atoms with Gasteiger partial charge in [0.1, 0.15) is 11.5 Å². The molecule has 0 spiro atoms. The molecule has 0 radical (unpaired) electrons. The number of benzene rings is 2. The molecule has 0 bridgehead atoms. The van der Waals surface area contributed by atoms with E-state index in [9.17, 15) is 4.79 Å². The van der Waals surface area contributed by atoms with Crippen LogP contribution in [0, 0.1) is 6.92 Å². The van der Waals surface area contributed by atoms with Gasteiger partial charge in [-0.25, -0.2) is 4.79 Å². The van der Waals surface area contributed by atoms with Gasteiger partial charge in [-0.1, -0.05) is 39.0 Å². The van der Waals surface area contributed by atoms with Crippen molar-refractivity contribution in [2.75, 3.05) is 0 Å². The molecule has 3 heteroatoms. The summed E-state index contributed by atoms with van der Waals surface area (Å²) in [5, 5.41) is 9.06. The van der Waals surface area contributed by atoms with Crippen LogP contribution < -0.4 is 4.74 Å². The average molecular weight is 284 g/mol. The third kappa shape index (κ3) is 3.43. The third-order valence-electron chi connectivity index (χ3n) is 3.35. The predicted octanol–water partition coefficient (Wildman–Crippen LogP) is 4.78. The van der Waals surface area contributed by atoms with Gasteiger partial charge in [0.2, 0.25) is 0 Å². The van der Waals surface area contributed by atoms with Crippen molar-refractivity contribution in [1.82, 2.24) is 0 Å². The molecule has 0 atom stereocenters. The van der Waals surface area contributed by atoms with Gasteiger partial charge >= 0.3 is 5.97 Å². The minimum atomic E-state index is -0.922. The van der Waals surface area contributed by atoms with Crippen LogP contribution in [-0.4, -0.2) is 11.1 Å². The second-order valence-electron chi connectivity index (χ2n) is 6.13. The van der Waals surface area contributed by atoms with Crippen molar-refractivity contribution < 1.29 is 14.6 Å². The molecule has 0 unspecified atom stereocenters. The topological polar surface area (TPSA) is 46.5 Å². The summed E-state index contributed by atoms with van der Waals surface area (Å²) in [6.07, 6.45) is 0. The molecule has 0 fully saturated rings. The Morgan fingerprint density at radius 1 is 1.10 bits per heavy atom. The first-order chi connectivity index (χ1) is 9.79. The van der Waals surface area contributed by atoms with E-state index in [1.807, 2.05) is 24.3 Å². The molecule has 0 aliphatic carbocycles. The van der Waals surface area contributed by atoms with Gasteiger partial charge in [0.25, 0.3) is 0 Å². The summed E-state index contributed by atoms with van der Waals surface area (Å²) in [5.74, 6) is 0.524. The van der Waals surface area contributed by atoms with Gasteiger partial charge in [-0.3, -0.25) is 0 Å². The minimum Gasteiger partial charge on any atom is -0.478 e. The van der Waals surface area contributed by atoms with E-state index in [1.165, 1.54) is 0 Å². The van der Waals surface area contributed by atoms with Crippen LogP contribution in [0.1, 0.15) is 42.3 Å². The number of para-hydroxylation sites is 1. The zero-order valence-electron chi connectivity index (χ0n) is 12.8. The summed E-state index contributed by atoms with van der Waals surface area (Å²) in [6.45, 7) is 8.17. The summed E-state index contributed by atoms with van der Waals surface area (Å²) in [7, 11) is 0. The zero-order valence-corrected chi connectivity index (χ0v) is 12.8. The molecule has 0 aliphatic rings. The van der Waals surface area contributed by atoms with Crippen LogP contribution in [0.5, 0.6) is 11.5 Å². The number of carboxylic acids is 1. The summed E-state index contributed by atoms with van der Waals surface area (Å²) in [5.41, 5.74) is 2.08. The monoisotopic (exact) mass is 284 g/mol. The van der Waals surface area contributed by atoms with Gasteiger partial charge in [0.05, 0.1) is 5.56 Å². The van der Waals surface area contributed by atoms with Crippen LogP contribution in [-0.2, 0) is 5.41 Å². The highest BCUT2D eigenvalue weighted by Gasteiger charge is 2.19. The molecule has 1 N–H and O–H groups in total. The summed E-state index contributed by atoms with van der Waals surface area (Å²) < 4.78 is 5.96. The Balaban J connectivity index is 2.35. The Hall–Kier alpha value is -2.29. The average Bonchev–Trinajstić information content (AvgIpc) is 2.37. The Labute approximate surface area is 125 Å². The summed E-state index contributed by atoms with van der Waals surface area (Å²) in [4.78, 5) is 11.0. The molecule has 3 nitrogen and oxygen atoms in total. The van der Waals surface area contributed by atoms with Crippen molar-refractivity contribution in [2.24, 2.45) is 0 Å². The van der Waals surface area contributed by atoms with E-state index in [1.54, 1.807) is 25.1 Å². The molecule has 0 aliphatic heterocycles. The highest BCUT2D eigenvalue weighted by Crippen LogP contribution is 2.34. The van der Waals surface area contributed by atoms with Crippen molar-refractivity contribution in [3.05, 3.63) is 59.2 Å². The molecule has 0 saturated heterocycles. The standard InChI is InChI=1S/C18H20O3/c1-12-11-13(9-10-14(12)17(19)20)21-16-8-6-5-7-15(16)18(2,3)4/h5-11H,1-4H3,(H,19,20). The lowest BCUT2D eigenvalue weighted by atomic mass is 9.86. The van der Waals surface area contributed by atoms with Crippen molar-refractivity contribution in [1.29, 1.82) is 0 Å². The van der Waals surface area contributed by atoms with Crippen LogP contribution >= 0.6 is 0 Å². The Morgan fingerprint density at radius 2 is 1.76 bits per heavy atom. The van der Waals surface area contributed by atoms with E-state index in [0.29, 0.717) is 16.9 Å². The van der Waals surface area contributed by atoms with Crippen molar-refractivity contribution in [3.8, 4) is 11.5 Å². The fraction of sp³-hybridized carbons (Fsp3) is 0.278. The Morgan fingerprint density at radius 3 is 2.33 bits per heavy atom. The van der Waals surface area contributed by atoms with Crippen LogP contribution in [0.3, 0.4) is 0 Å². The van der Waals surface area contributed by atoms with E-state index >= 15 is 0 Å². The molecule has 0 amide bonds. The van der Waals surface area contributed by atoms with Crippen LogP contribution in [0.2, 0.25) is 0 Å². The van der Waals surface area contributed by atoms with Crippen molar-refractivity contribution in [3.63, 3.8) is 0 Å². The van der Waals surface area contributed by atoms with Gasteiger partial charge in [-0.2, -0.15) is 0 Å². The summed E-state index contributed by atoms with van der Waals surface area (Å²) >= 11 is 0. The van der Waals surface area contributed by atoms with Crippen molar-refractivity contribution in [2.45, 2.75) is 33.1 Å². The normalized spacial score (nSPS) is 11.2. The van der Waals surface area contributed by atoms with Crippen LogP contribution in [0.4, 0.5) is 0 Å². The lowest BCUT2D eigenvalue weighted by Gasteiger charge is -2.22. The van der Waals surface area contributed by atoms with Gasteiger partial charge in [0.15, 0.2) is 0 Å². The number of hydrogen-bond acceptors (Lipinski definition) is 2. The smallest absolute Gasteiger partial charge is 0.335 e. The molecule has 2 aromatic carbocycles. The number of carboxylic acid groups (broad SMARTS) is 1. The van der Waals surface area contributed by atoms with Crippen LogP contribution in [0.25, 0.3) is 0 Å². The SMILES string of the molecule is Cc1cc(Oc2ccccc2C(C)(C)C)ccc1C(=O)O. The first-order valence-corrected chi connectivity index (χ1v) is 6.90. The number of hydrogen-bond donors (Lipinski definition) is 1. The van der Waals surface area contributed by atoms with E-state index in [-0.39, 0.29) is 5.41 Å². The maximum Gasteiger partial charge on any atom is 0.335 e. The highest BCUT2D eigenvalue weighted by molar-refractivity contribution is 5.89. The van der Waals surface area contributed by atoms with E-state index in [0.717, 1.165) is 11.3 Å². The molecule has 0 heterocycles. The first kappa shape index (κ1) is 15.1. The largest absolute Gasteiger partial charge is 0.478 e. The molecule has 2 aromatic rings. The number of carbonyl (C=O) groups is 1. The molecule has 0 aromatic heterocycles. The summed E-state index contributed by atoms with van der Waals surface area (Å²) in [6, 6.07) is 12.9. The molecule has 0 saturated carbocycles. The number of ether oxygens (including phenoxy) is 1. The van der Waals surface area contributed by atoms with E-state index in [2.05, 4.69) is 20.8 Å². The fourth-order valence-corrected chi connectivity index (χ4v) is 2.24. The van der Waals surface area contributed by atoms with E-state index < -0.39 is 5.97 Å². The Bertz CT molecular complexity index is 666. The maximum absolute atomic E-state index is 11.0. The first-order valence-electron chi connectivity index (χ1n) is 6.90. The maximum atomic E-state index is 11.0. The van der Waals surface area contributed by atoms with Gasteiger partial charge in [-0.05, 0) is 42.2 Å². The third-order valence-corrected chi connectivity index (χ3v) is 3.35. The quantitative estimate of drug-likeness (QED) is 0.882. The number of aryl methyl sites for hydroxylation is 1. The predicted molar refractivity (Wildman–Crippen MR) is 83.4 cm³/mol. The van der Waals surface area contributed by atoms with Crippen molar-refractivity contribution >= 4 is 5.97 Å². The highest BCUT2D eigenvalue weighted by atomic mass is 16.5.